The second-order valence-electron chi connectivity index (χ2n) is 5.49. The summed E-state index contributed by atoms with van der Waals surface area (Å²) in [5.41, 5.74) is -0.351. The zero-order chi connectivity index (χ0) is 12.7. The number of nitrogens with one attached hydrogen (secondary N) is 1. The molecule has 1 aliphatic rings. The normalized spacial score (nSPS) is 19.7. The lowest BCUT2D eigenvalue weighted by atomic mass is 9.85. The van der Waals surface area contributed by atoms with Crippen molar-refractivity contribution >= 4 is 0 Å². The van der Waals surface area contributed by atoms with E-state index in [1.807, 2.05) is 14.0 Å². The van der Waals surface area contributed by atoms with Gasteiger partial charge in [0.25, 0.3) is 0 Å². The van der Waals surface area contributed by atoms with Gasteiger partial charge in [-0.25, -0.2) is 0 Å². The topological polar surface area (TPSA) is 39.1 Å². The van der Waals surface area contributed by atoms with E-state index in [0.717, 1.165) is 31.8 Å². The molecule has 0 saturated heterocycles. The van der Waals surface area contributed by atoms with Crippen molar-refractivity contribution < 1.29 is 0 Å². The van der Waals surface area contributed by atoms with Crippen LogP contribution in [0.25, 0.3) is 0 Å². The summed E-state index contributed by atoms with van der Waals surface area (Å²) in [5, 5.41) is 12.2. The Morgan fingerprint density at radius 2 is 2.18 bits per heavy atom. The molecule has 0 aliphatic heterocycles. The van der Waals surface area contributed by atoms with Gasteiger partial charge < -0.3 is 10.2 Å². The number of nitriles is 1. The first-order valence-electron chi connectivity index (χ1n) is 6.96. The second kappa shape index (κ2) is 6.98. The van der Waals surface area contributed by atoms with Gasteiger partial charge in [-0.2, -0.15) is 5.26 Å². The molecule has 0 aromatic carbocycles. The van der Waals surface area contributed by atoms with Crippen LogP contribution in [0.5, 0.6) is 0 Å². The Morgan fingerprint density at radius 3 is 2.59 bits per heavy atom. The molecule has 1 atom stereocenters. The Labute approximate surface area is 106 Å². The average Bonchev–Trinajstić information content (AvgIpc) is 2.30. The van der Waals surface area contributed by atoms with E-state index in [2.05, 4.69) is 23.2 Å². The van der Waals surface area contributed by atoms with Crippen molar-refractivity contribution in [2.75, 3.05) is 26.7 Å². The molecule has 0 bridgehead atoms. The summed E-state index contributed by atoms with van der Waals surface area (Å²) < 4.78 is 0. The van der Waals surface area contributed by atoms with Crippen LogP contribution in [0.3, 0.4) is 0 Å². The van der Waals surface area contributed by atoms with Gasteiger partial charge >= 0.3 is 0 Å². The molecule has 1 aliphatic carbocycles. The highest BCUT2D eigenvalue weighted by Crippen LogP contribution is 2.27. The molecule has 0 spiro atoms. The van der Waals surface area contributed by atoms with Crippen molar-refractivity contribution in [1.29, 1.82) is 5.26 Å². The Bertz CT molecular complexity index is 255. The maximum atomic E-state index is 9.07. The van der Waals surface area contributed by atoms with Gasteiger partial charge in [-0.1, -0.05) is 13.3 Å². The SMILES string of the molecule is CCN(CCCC(C)(C#N)NC)CC1CCC1. The Hall–Kier alpha value is -0.590. The highest BCUT2D eigenvalue weighted by Gasteiger charge is 2.22. The standard InChI is InChI=1S/C14H27N3/c1-4-17(11-13-7-5-8-13)10-6-9-14(2,12-15)16-3/h13,16H,4-11H2,1-3H3. The number of rotatable bonds is 8. The van der Waals surface area contributed by atoms with Crippen LogP contribution in [0.1, 0.15) is 46.0 Å². The van der Waals surface area contributed by atoms with E-state index in [9.17, 15) is 0 Å². The molecule has 0 aromatic heterocycles. The molecule has 1 saturated carbocycles. The number of hydrogen-bond donors (Lipinski definition) is 1. The largest absolute Gasteiger partial charge is 0.303 e. The minimum Gasteiger partial charge on any atom is -0.303 e. The summed E-state index contributed by atoms with van der Waals surface area (Å²) in [5.74, 6) is 0.946. The predicted octanol–water partition coefficient (Wildman–Crippen LogP) is 2.39. The lowest BCUT2D eigenvalue weighted by Gasteiger charge is -2.32. The van der Waals surface area contributed by atoms with Gasteiger partial charge in [0.2, 0.25) is 0 Å². The van der Waals surface area contributed by atoms with E-state index in [-0.39, 0.29) is 5.54 Å². The van der Waals surface area contributed by atoms with E-state index >= 15 is 0 Å². The molecule has 1 N–H and O–H groups in total. The number of hydrogen-bond acceptors (Lipinski definition) is 3. The zero-order valence-electron chi connectivity index (χ0n) is 11.6. The molecule has 1 fully saturated rings. The highest BCUT2D eigenvalue weighted by atomic mass is 15.1. The molecule has 3 nitrogen and oxygen atoms in total. The molecule has 17 heavy (non-hydrogen) atoms. The van der Waals surface area contributed by atoms with Crippen molar-refractivity contribution in [1.82, 2.24) is 10.2 Å². The van der Waals surface area contributed by atoms with Crippen LogP contribution < -0.4 is 5.32 Å². The van der Waals surface area contributed by atoms with Gasteiger partial charge in [-0.3, -0.25) is 0 Å². The van der Waals surface area contributed by atoms with Crippen molar-refractivity contribution in [3.05, 3.63) is 0 Å². The molecule has 0 radical (unpaired) electrons. The molecule has 0 aromatic rings. The van der Waals surface area contributed by atoms with E-state index in [1.54, 1.807) is 0 Å². The fourth-order valence-electron chi connectivity index (χ4n) is 2.31. The maximum absolute atomic E-state index is 9.07. The van der Waals surface area contributed by atoms with Gasteiger partial charge in [-0.15, -0.1) is 0 Å². The molecule has 3 heteroatoms. The second-order valence-corrected chi connectivity index (χ2v) is 5.49. The van der Waals surface area contributed by atoms with Gasteiger partial charge in [-0.05, 0) is 58.7 Å². The summed E-state index contributed by atoms with van der Waals surface area (Å²) in [7, 11) is 1.87. The first kappa shape index (κ1) is 14.5. The molecular formula is C14H27N3. The molecule has 98 valence electrons. The molecule has 0 heterocycles. The first-order chi connectivity index (χ1) is 8.13. The summed E-state index contributed by atoms with van der Waals surface area (Å²) in [6.07, 6.45) is 6.30. The van der Waals surface area contributed by atoms with Gasteiger partial charge in [0.15, 0.2) is 0 Å². The van der Waals surface area contributed by atoms with Gasteiger partial charge in [0.1, 0.15) is 5.54 Å². The Kier molecular flexibility index (Phi) is 5.94. The smallest absolute Gasteiger partial charge is 0.103 e. The maximum Gasteiger partial charge on any atom is 0.103 e. The van der Waals surface area contributed by atoms with Gasteiger partial charge in [0, 0.05) is 6.54 Å². The zero-order valence-corrected chi connectivity index (χ0v) is 11.6. The van der Waals surface area contributed by atoms with Crippen LogP contribution in [0, 0.1) is 17.2 Å². The van der Waals surface area contributed by atoms with Crippen molar-refractivity contribution in [2.45, 2.75) is 51.5 Å². The fraction of sp³-hybridized carbons (Fsp3) is 0.929. The molecule has 1 rings (SSSR count). The van der Waals surface area contributed by atoms with Crippen LogP contribution in [-0.4, -0.2) is 37.1 Å². The van der Waals surface area contributed by atoms with Gasteiger partial charge in [0.05, 0.1) is 6.07 Å². The third-order valence-electron chi connectivity index (χ3n) is 4.14. The first-order valence-corrected chi connectivity index (χ1v) is 6.96. The van der Waals surface area contributed by atoms with Crippen molar-refractivity contribution in [3.63, 3.8) is 0 Å². The summed E-state index contributed by atoms with van der Waals surface area (Å²) >= 11 is 0. The van der Waals surface area contributed by atoms with Crippen LogP contribution in [-0.2, 0) is 0 Å². The lowest BCUT2D eigenvalue weighted by molar-refractivity contribution is 0.179. The van der Waals surface area contributed by atoms with E-state index < -0.39 is 0 Å². The number of nitrogens with zero attached hydrogens (tertiary/aromatic N) is 2. The predicted molar refractivity (Wildman–Crippen MR) is 71.8 cm³/mol. The van der Waals surface area contributed by atoms with Crippen LogP contribution >= 0.6 is 0 Å². The Balaban J connectivity index is 2.20. The monoisotopic (exact) mass is 237 g/mol. The van der Waals surface area contributed by atoms with Crippen LogP contribution in [0.4, 0.5) is 0 Å². The molecule has 1 unspecified atom stereocenters. The highest BCUT2D eigenvalue weighted by molar-refractivity contribution is 5.02. The van der Waals surface area contributed by atoms with Crippen LogP contribution in [0.15, 0.2) is 0 Å². The summed E-state index contributed by atoms with van der Waals surface area (Å²) in [6.45, 7) is 7.75. The third kappa shape index (κ3) is 4.65. The quantitative estimate of drug-likeness (QED) is 0.704. The summed E-state index contributed by atoms with van der Waals surface area (Å²) in [4.78, 5) is 2.54. The Morgan fingerprint density at radius 1 is 1.47 bits per heavy atom. The van der Waals surface area contributed by atoms with E-state index in [1.165, 1.54) is 25.8 Å². The fourth-order valence-corrected chi connectivity index (χ4v) is 2.31. The van der Waals surface area contributed by atoms with Crippen molar-refractivity contribution in [2.24, 2.45) is 5.92 Å². The molecule has 0 amide bonds. The third-order valence-corrected chi connectivity index (χ3v) is 4.14. The minimum atomic E-state index is -0.351. The lowest BCUT2D eigenvalue weighted by Crippen LogP contribution is -2.39. The minimum absolute atomic E-state index is 0.351. The average molecular weight is 237 g/mol. The van der Waals surface area contributed by atoms with Crippen LogP contribution in [0.2, 0.25) is 0 Å². The van der Waals surface area contributed by atoms with E-state index in [0.29, 0.717) is 0 Å². The van der Waals surface area contributed by atoms with Crippen molar-refractivity contribution in [3.8, 4) is 6.07 Å². The van der Waals surface area contributed by atoms with E-state index in [4.69, 9.17) is 5.26 Å². The summed E-state index contributed by atoms with van der Waals surface area (Å²) in [6, 6.07) is 2.35. The molecular weight excluding hydrogens is 210 g/mol.